The SMILES string of the molecule is CN(C)c1c(C(=O)NC2CCOc3ccccc32)cnc2c(C3CN(C(=O)OC(C)(C)C)C3)cccc12. The Morgan fingerprint density at radius 3 is 2.54 bits per heavy atom. The molecule has 2 aliphatic rings. The average molecular weight is 503 g/mol. The van der Waals surface area contributed by atoms with E-state index in [0.29, 0.717) is 31.7 Å². The predicted molar refractivity (Wildman–Crippen MR) is 143 cm³/mol. The molecule has 5 rings (SSSR count). The first-order valence-corrected chi connectivity index (χ1v) is 12.7. The van der Waals surface area contributed by atoms with Crippen molar-refractivity contribution in [2.75, 3.05) is 38.7 Å². The number of anilines is 1. The zero-order valence-electron chi connectivity index (χ0n) is 22.1. The molecule has 37 heavy (non-hydrogen) atoms. The van der Waals surface area contributed by atoms with E-state index < -0.39 is 5.60 Å². The maximum absolute atomic E-state index is 13.5. The van der Waals surface area contributed by atoms with E-state index in [4.69, 9.17) is 14.5 Å². The Morgan fingerprint density at radius 1 is 1.08 bits per heavy atom. The largest absolute Gasteiger partial charge is 0.493 e. The summed E-state index contributed by atoms with van der Waals surface area (Å²) in [5.74, 6) is 0.816. The van der Waals surface area contributed by atoms with Crippen molar-refractivity contribution in [2.24, 2.45) is 0 Å². The minimum absolute atomic E-state index is 0.122. The van der Waals surface area contributed by atoms with Gasteiger partial charge in [0.15, 0.2) is 0 Å². The van der Waals surface area contributed by atoms with Crippen LogP contribution in [-0.4, -0.2) is 61.3 Å². The van der Waals surface area contributed by atoms with Crippen LogP contribution in [0.5, 0.6) is 5.75 Å². The van der Waals surface area contributed by atoms with E-state index in [1.807, 2.05) is 76.2 Å². The van der Waals surface area contributed by atoms with Crippen LogP contribution in [0.3, 0.4) is 0 Å². The van der Waals surface area contributed by atoms with Crippen molar-refractivity contribution < 1.29 is 19.1 Å². The van der Waals surface area contributed by atoms with Crippen LogP contribution < -0.4 is 15.0 Å². The molecule has 3 aromatic rings. The smallest absolute Gasteiger partial charge is 0.410 e. The third-order valence-corrected chi connectivity index (χ3v) is 6.83. The van der Waals surface area contributed by atoms with Gasteiger partial charge in [-0.05, 0) is 32.4 Å². The van der Waals surface area contributed by atoms with Crippen LogP contribution in [0.25, 0.3) is 10.9 Å². The van der Waals surface area contributed by atoms with Gasteiger partial charge in [-0.2, -0.15) is 0 Å². The van der Waals surface area contributed by atoms with Gasteiger partial charge in [0.2, 0.25) is 0 Å². The maximum Gasteiger partial charge on any atom is 0.410 e. The van der Waals surface area contributed by atoms with Gasteiger partial charge < -0.3 is 24.6 Å². The molecule has 1 N–H and O–H groups in total. The van der Waals surface area contributed by atoms with Crippen molar-refractivity contribution in [3.63, 3.8) is 0 Å². The number of aromatic nitrogens is 1. The number of carbonyl (C=O) groups excluding carboxylic acids is 2. The minimum atomic E-state index is -0.520. The molecule has 1 fully saturated rings. The van der Waals surface area contributed by atoms with Crippen molar-refractivity contribution in [1.82, 2.24) is 15.2 Å². The molecule has 0 spiro atoms. The van der Waals surface area contributed by atoms with Gasteiger partial charge in [0.05, 0.1) is 29.4 Å². The second-order valence-electron chi connectivity index (χ2n) is 10.9. The van der Waals surface area contributed by atoms with Gasteiger partial charge in [0.1, 0.15) is 11.4 Å². The lowest BCUT2D eigenvalue weighted by Crippen LogP contribution is -2.50. The van der Waals surface area contributed by atoms with Crippen molar-refractivity contribution >= 4 is 28.6 Å². The fourth-order valence-electron chi connectivity index (χ4n) is 5.09. The molecular weight excluding hydrogens is 468 g/mol. The number of likely N-dealkylation sites (tertiary alicyclic amines) is 1. The lowest BCUT2D eigenvalue weighted by Gasteiger charge is -2.40. The molecule has 2 amide bonds. The molecule has 1 unspecified atom stereocenters. The molecule has 0 saturated carbocycles. The fraction of sp³-hybridized carbons (Fsp3) is 0.414. The standard InChI is InChI=1S/C29H34N4O4/c1-29(2,3)37-28(35)33-16-18(17-33)19-10-8-11-21-25(19)30-15-22(26(21)32(4)5)27(34)31-23-13-14-36-24-12-7-6-9-20(23)24/h6-12,15,18,23H,13-14,16-17H2,1-5H3,(H,31,34). The summed E-state index contributed by atoms with van der Waals surface area (Å²) >= 11 is 0. The Bertz CT molecular complexity index is 1340. The van der Waals surface area contributed by atoms with Crippen molar-refractivity contribution in [3.8, 4) is 5.75 Å². The first-order valence-electron chi connectivity index (χ1n) is 12.7. The van der Waals surface area contributed by atoms with Gasteiger partial charge in [0, 0.05) is 56.7 Å². The number of amides is 2. The summed E-state index contributed by atoms with van der Waals surface area (Å²) in [6, 6.07) is 13.8. The summed E-state index contributed by atoms with van der Waals surface area (Å²) < 4.78 is 11.3. The van der Waals surface area contributed by atoms with Gasteiger partial charge in [0.25, 0.3) is 5.91 Å². The van der Waals surface area contributed by atoms with E-state index in [-0.39, 0.29) is 24.0 Å². The molecule has 2 aromatic carbocycles. The number of para-hydroxylation sites is 2. The Morgan fingerprint density at radius 2 is 1.81 bits per heavy atom. The number of pyridine rings is 1. The molecular formula is C29H34N4O4. The second-order valence-corrected chi connectivity index (χ2v) is 10.9. The third-order valence-electron chi connectivity index (χ3n) is 6.83. The quantitative estimate of drug-likeness (QED) is 0.547. The molecule has 0 radical (unpaired) electrons. The number of hydrogen-bond donors (Lipinski definition) is 1. The van der Waals surface area contributed by atoms with Gasteiger partial charge >= 0.3 is 6.09 Å². The summed E-state index contributed by atoms with van der Waals surface area (Å²) in [5, 5.41) is 4.12. The van der Waals surface area contributed by atoms with E-state index in [1.165, 1.54) is 0 Å². The molecule has 0 aliphatic carbocycles. The zero-order chi connectivity index (χ0) is 26.3. The average Bonchev–Trinajstić information content (AvgIpc) is 2.81. The second kappa shape index (κ2) is 9.57. The lowest BCUT2D eigenvalue weighted by atomic mass is 9.89. The molecule has 1 aromatic heterocycles. The Balaban J connectivity index is 1.41. The van der Waals surface area contributed by atoms with Crippen LogP contribution in [0, 0.1) is 0 Å². The molecule has 8 heteroatoms. The highest BCUT2D eigenvalue weighted by molar-refractivity contribution is 6.08. The molecule has 1 atom stereocenters. The summed E-state index contributed by atoms with van der Waals surface area (Å²) in [6.45, 7) is 7.33. The Labute approximate surface area is 217 Å². The lowest BCUT2D eigenvalue weighted by molar-refractivity contribution is 0.00827. The minimum Gasteiger partial charge on any atom is -0.493 e. The first-order chi connectivity index (χ1) is 17.6. The molecule has 3 heterocycles. The van der Waals surface area contributed by atoms with Gasteiger partial charge in [-0.15, -0.1) is 0 Å². The summed E-state index contributed by atoms with van der Waals surface area (Å²) in [6.07, 6.45) is 2.09. The highest BCUT2D eigenvalue weighted by Gasteiger charge is 2.36. The molecule has 1 saturated heterocycles. The van der Waals surface area contributed by atoms with Crippen molar-refractivity contribution in [1.29, 1.82) is 0 Å². The van der Waals surface area contributed by atoms with E-state index in [2.05, 4.69) is 11.4 Å². The third kappa shape index (κ3) is 4.92. The van der Waals surface area contributed by atoms with Gasteiger partial charge in [-0.3, -0.25) is 9.78 Å². The number of hydrogen-bond acceptors (Lipinski definition) is 6. The van der Waals surface area contributed by atoms with E-state index in [9.17, 15) is 9.59 Å². The maximum atomic E-state index is 13.5. The summed E-state index contributed by atoms with van der Waals surface area (Å²) in [5.41, 5.74) is 3.76. The van der Waals surface area contributed by atoms with Crippen molar-refractivity contribution in [3.05, 3.63) is 65.4 Å². The molecule has 8 nitrogen and oxygen atoms in total. The topological polar surface area (TPSA) is 84.0 Å². The highest BCUT2D eigenvalue weighted by Crippen LogP contribution is 2.37. The van der Waals surface area contributed by atoms with Gasteiger partial charge in [-0.25, -0.2) is 4.79 Å². The number of ether oxygens (including phenoxy) is 2. The summed E-state index contributed by atoms with van der Waals surface area (Å²) in [7, 11) is 3.88. The summed E-state index contributed by atoms with van der Waals surface area (Å²) in [4.78, 5) is 34.4. The van der Waals surface area contributed by atoms with E-state index in [0.717, 1.165) is 33.5 Å². The van der Waals surface area contributed by atoms with Crippen LogP contribution in [0.4, 0.5) is 10.5 Å². The van der Waals surface area contributed by atoms with Crippen LogP contribution in [0.15, 0.2) is 48.7 Å². The Hall–Kier alpha value is -3.81. The number of nitrogens with one attached hydrogen (secondary N) is 1. The fourth-order valence-corrected chi connectivity index (χ4v) is 5.09. The molecule has 2 aliphatic heterocycles. The monoisotopic (exact) mass is 502 g/mol. The number of rotatable bonds is 4. The number of nitrogens with zero attached hydrogens (tertiary/aromatic N) is 3. The van der Waals surface area contributed by atoms with E-state index >= 15 is 0 Å². The normalized spacial score (nSPS) is 17.4. The van der Waals surface area contributed by atoms with Gasteiger partial charge in [-0.1, -0.05) is 36.4 Å². The van der Waals surface area contributed by atoms with Crippen LogP contribution >= 0.6 is 0 Å². The van der Waals surface area contributed by atoms with Crippen LogP contribution in [0.2, 0.25) is 0 Å². The van der Waals surface area contributed by atoms with Crippen LogP contribution in [0.1, 0.15) is 60.6 Å². The van der Waals surface area contributed by atoms with Crippen molar-refractivity contribution in [2.45, 2.75) is 44.8 Å². The highest BCUT2D eigenvalue weighted by atomic mass is 16.6. The van der Waals surface area contributed by atoms with E-state index in [1.54, 1.807) is 11.1 Å². The van der Waals surface area contributed by atoms with Crippen LogP contribution in [-0.2, 0) is 4.74 Å². The number of benzene rings is 2. The first kappa shape index (κ1) is 24.9. The number of carbonyl (C=O) groups is 2. The number of fused-ring (bicyclic) bond motifs is 2. The predicted octanol–water partition coefficient (Wildman–Crippen LogP) is 4.89. The zero-order valence-corrected chi connectivity index (χ0v) is 22.1. The Kier molecular flexibility index (Phi) is 6.43. The molecule has 194 valence electrons. The molecule has 0 bridgehead atoms.